The summed E-state index contributed by atoms with van der Waals surface area (Å²) >= 11 is 1.63. The Bertz CT molecular complexity index is 763. The van der Waals surface area contributed by atoms with Crippen molar-refractivity contribution in [3.63, 3.8) is 0 Å². The normalized spacial score (nSPS) is 29.6. The minimum atomic E-state index is -0.0400. The van der Waals surface area contributed by atoms with Crippen LogP contribution in [0.3, 0.4) is 0 Å². The Morgan fingerprint density at radius 3 is 2.79 bits per heavy atom. The van der Waals surface area contributed by atoms with Gasteiger partial charge >= 0.3 is 0 Å². The molecule has 5 rings (SSSR count). The number of hydrogen-bond donors (Lipinski definition) is 0. The molecule has 5 nitrogen and oxygen atoms in total. The Morgan fingerprint density at radius 2 is 1.96 bits per heavy atom. The summed E-state index contributed by atoms with van der Waals surface area (Å²) in [5.74, 6) is 2.78. The summed E-state index contributed by atoms with van der Waals surface area (Å²) < 4.78 is 0. The second-order valence-electron chi connectivity index (χ2n) is 7.38. The summed E-state index contributed by atoms with van der Waals surface area (Å²) in [6, 6.07) is 2.04. The maximum absolute atomic E-state index is 13.2. The monoisotopic (exact) mass is 342 g/mol. The van der Waals surface area contributed by atoms with Gasteiger partial charge in [0.1, 0.15) is 23.0 Å². The third-order valence-corrected chi connectivity index (χ3v) is 6.91. The Kier molecular flexibility index (Phi) is 3.47. The molecule has 2 aromatic heterocycles. The number of fused-ring (bicyclic) bond motifs is 2. The van der Waals surface area contributed by atoms with Crippen molar-refractivity contribution in [2.75, 3.05) is 24.5 Å². The van der Waals surface area contributed by atoms with Crippen molar-refractivity contribution in [1.29, 1.82) is 0 Å². The summed E-state index contributed by atoms with van der Waals surface area (Å²) in [7, 11) is 0. The van der Waals surface area contributed by atoms with Crippen molar-refractivity contribution in [1.82, 2.24) is 14.9 Å². The maximum Gasteiger partial charge on any atom is 0.245 e. The number of carbonyl (C=O) groups excluding carboxylic acids is 1. The van der Waals surface area contributed by atoms with Gasteiger partial charge in [-0.1, -0.05) is 6.42 Å². The number of carbonyl (C=O) groups is 1. The van der Waals surface area contributed by atoms with Gasteiger partial charge in [-0.3, -0.25) is 4.79 Å². The van der Waals surface area contributed by atoms with Crippen LogP contribution < -0.4 is 4.90 Å². The number of anilines is 1. The van der Waals surface area contributed by atoms with Crippen LogP contribution in [-0.2, 0) is 4.79 Å². The second kappa shape index (κ2) is 5.69. The predicted molar refractivity (Wildman–Crippen MR) is 95.2 cm³/mol. The number of amides is 1. The quantitative estimate of drug-likeness (QED) is 0.842. The van der Waals surface area contributed by atoms with E-state index >= 15 is 0 Å². The minimum absolute atomic E-state index is 0.0400. The van der Waals surface area contributed by atoms with Crippen LogP contribution in [0.4, 0.5) is 5.82 Å². The van der Waals surface area contributed by atoms with Crippen LogP contribution in [-0.4, -0.2) is 46.5 Å². The third-order valence-electron chi connectivity index (χ3n) is 6.09. The molecule has 2 aromatic rings. The lowest BCUT2D eigenvalue weighted by molar-refractivity contribution is -0.131. The lowest BCUT2D eigenvalue weighted by Gasteiger charge is -2.29. The van der Waals surface area contributed by atoms with Crippen molar-refractivity contribution in [3.8, 4) is 0 Å². The zero-order valence-electron chi connectivity index (χ0n) is 13.7. The van der Waals surface area contributed by atoms with Gasteiger partial charge in [-0.25, -0.2) is 9.97 Å². The Balaban J connectivity index is 1.41. The highest BCUT2D eigenvalue weighted by Gasteiger charge is 2.42. The fraction of sp³-hybridized carbons (Fsp3) is 0.611. The van der Waals surface area contributed by atoms with E-state index in [4.69, 9.17) is 0 Å². The molecule has 0 bridgehead atoms. The predicted octanol–water partition coefficient (Wildman–Crippen LogP) is 2.92. The van der Waals surface area contributed by atoms with Gasteiger partial charge in [0.05, 0.1) is 5.39 Å². The molecule has 24 heavy (non-hydrogen) atoms. The Labute approximate surface area is 145 Å². The van der Waals surface area contributed by atoms with E-state index in [9.17, 15) is 4.79 Å². The first-order chi connectivity index (χ1) is 11.8. The SMILES string of the molecule is O=C([C@H]1CCCN1c1ncnc2sccc12)N1C[C@H]2CCC[C@H]2C1. The molecule has 1 saturated carbocycles. The van der Waals surface area contributed by atoms with E-state index in [0.29, 0.717) is 5.91 Å². The zero-order chi connectivity index (χ0) is 16.1. The van der Waals surface area contributed by atoms with E-state index in [1.807, 2.05) is 0 Å². The standard InChI is InChI=1S/C18H22N4OS/c23-18(21-9-12-3-1-4-13(12)10-21)15-5-2-7-22(15)16-14-6-8-24-17(14)20-11-19-16/h6,8,11-13,15H,1-5,7,9-10H2/t12-,13+,15-/m1/s1. The number of hydrogen-bond acceptors (Lipinski definition) is 5. The van der Waals surface area contributed by atoms with Gasteiger partial charge in [-0.05, 0) is 49.0 Å². The molecule has 126 valence electrons. The lowest BCUT2D eigenvalue weighted by atomic mass is 10.0. The van der Waals surface area contributed by atoms with Crippen LogP contribution >= 0.6 is 11.3 Å². The Morgan fingerprint density at radius 1 is 1.12 bits per heavy atom. The van der Waals surface area contributed by atoms with Crippen LogP contribution in [0.5, 0.6) is 0 Å². The van der Waals surface area contributed by atoms with Crippen molar-refractivity contribution >= 4 is 33.3 Å². The topological polar surface area (TPSA) is 49.3 Å². The summed E-state index contributed by atoms with van der Waals surface area (Å²) in [5.41, 5.74) is 0. The average molecular weight is 342 g/mol. The molecule has 4 heterocycles. The molecule has 0 unspecified atom stereocenters. The Hall–Kier alpha value is -1.69. The van der Waals surface area contributed by atoms with Crippen LogP contribution in [0.1, 0.15) is 32.1 Å². The number of thiophene rings is 1. The second-order valence-corrected chi connectivity index (χ2v) is 8.28. The van der Waals surface area contributed by atoms with Crippen LogP contribution in [0.2, 0.25) is 0 Å². The van der Waals surface area contributed by atoms with Crippen molar-refractivity contribution < 1.29 is 4.79 Å². The van der Waals surface area contributed by atoms with Gasteiger partial charge in [-0.15, -0.1) is 11.3 Å². The van der Waals surface area contributed by atoms with E-state index in [1.54, 1.807) is 17.7 Å². The highest BCUT2D eigenvalue weighted by Crippen LogP contribution is 2.39. The molecule has 0 N–H and O–H groups in total. The average Bonchev–Trinajstić information content (AvgIpc) is 3.35. The molecule has 0 radical (unpaired) electrons. The number of nitrogens with zero attached hydrogens (tertiary/aromatic N) is 4. The number of likely N-dealkylation sites (tertiary alicyclic amines) is 1. The van der Waals surface area contributed by atoms with E-state index in [2.05, 4.69) is 31.2 Å². The first-order valence-corrected chi connectivity index (χ1v) is 9.93. The molecule has 2 saturated heterocycles. The molecule has 3 atom stereocenters. The van der Waals surface area contributed by atoms with E-state index < -0.39 is 0 Å². The smallest absolute Gasteiger partial charge is 0.245 e. The first kappa shape index (κ1) is 14.6. The van der Waals surface area contributed by atoms with Crippen LogP contribution in [0.15, 0.2) is 17.8 Å². The summed E-state index contributed by atoms with van der Waals surface area (Å²) in [6.45, 7) is 2.87. The van der Waals surface area contributed by atoms with Gasteiger partial charge in [0.15, 0.2) is 0 Å². The van der Waals surface area contributed by atoms with E-state index in [0.717, 1.165) is 60.3 Å². The van der Waals surface area contributed by atoms with Crippen molar-refractivity contribution in [3.05, 3.63) is 17.8 Å². The summed E-state index contributed by atoms with van der Waals surface area (Å²) in [5, 5.41) is 3.14. The van der Waals surface area contributed by atoms with Gasteiger partial charge in [0.2, 0.25) is 5.91 Å². The molecule has 2 aliphatic heterocycles. The van der Waals surface area contributed by atoms with Gasteiger partial charge < -0.3 is 9.80 Å². The highest BCUT2D eigenvalue weighted by molar-refractivity contribution is 7.16. The fourth-order valence-corrected chi connectivity index (χ4v) is 5.64. The minimum Gasteiger partial charge on any atom is -0.344 e. The zero-order valence-corrected chi connectivity index (χ0v) is 14.5. The highest BCUT2D eigenvalue weighted by atomic mass is 32.1. The van der Waals surface area contributed by atoms with Gasteiger partial charge in [0, 0.05) is 19.6 Å². The van der Waals surface area contributed by atoms with Crippen LogP contribution in [0, 0.1) is 11.8 Å². The van der Waals surface area contributed by atoms with E-state index in [1.165, 1.54) is 19.3 Å². The molecular weight excluding hydrogens is 320 g/mol. The van der Waals surface area contributed by atoms with E-state index in [-0.39, 0.29) is 6.04 Å². The van der Waals surface area contributed by atoms with Gasteiger partial charge in [-0.2, -0.15) is 0 Å². The molecular formula is C18H22N4OS. The fourth-order valence-electron chi connectivity index (χ4n) is 4.91. The molecule has 0 spiro atoms. The molecule has 1 aliphatic carbocycles. The third kappa shape index (κ3) is 2.23. The first-order valence-electron chi connectivity index (χ1n) is 9.05. The van der Waals surface area contributed by atoms with Gasteiger partial charge in [0.25, 0.3) is 0 Å². The van der Waals surface area contributed by atoms with Crippen molar-refractivity contribution in [2.24, 2.45) is 11.8 Å². The number of rotatable bonds is 2. The lowest BCUT2D eigenvalue weighted by Crippen LogP contribution is -2.45. The van der Waals surface area contributed by atoms with Crippen LogP contribution in [0.25, 0.3) is 10.2 Å². The summed E-state index contributed by atoms with van der Waals surface area (Å²) in [4.78, 5) is 27.4. The van der Waals surface area contributed by atoms with Crippen molar-refractivity contribution in [2.45, 2.75) is 38.1 Å². The molecule has 1 amide bonds. The summed E-state index contributed by atoms with van der Waals surface area (Å²) in [6.07, 6.45) is 7.61. The largest absolute Gasteiger partial charge is 0.344 e. The molecule has 3 fully saturated rings. The maximum atomic E-state index is 13.2. The number of aromatic nitrogens is 2. The molecule has 0 aromatic carbocycles. The molecule has 6 heteroatoms. The molecule has 3 aliphatic rings.